The zero-order valence-electron chi connectivity index (χ0n) is 18.2. The molecule has 0 saturated heterocycles. The third kappa shape index (κ3) is 5.20. The summed E-state index contributed by atoms with van der Waals surface area (Å²) in [6.45, 7) is 4.99. The molecule has 0 aliphatic carbocycles. The van der Waals surface area contributed by atoms with Crippen LogP contribution in [-0.2, 0) is 23.8 Å². The number of likely N-dealkylation sites (N-methyl/N-ethyl adjacent to an activating group) is 1. The van der Waals surface area contributed by atoms with Crippen LogP contribution in [0.5, 0.6) is 5.75 Å². The summed E-state index contributed by atoms with van der Waals surface area (Å²) < 4.78 is 21.6. The Labute approximate surface area is 177 Å². The van der Waals surface area contributed by atoms with Crippen molar-refractivity contribution in [1.82, 2.24) is 10.6 Å². The van der Waals surface area contributed by atoms with Crippen molar-refractivity contribution in [2.75, 3.05) is 47.6 Å². The molecule has 0 fully saturated rings. The van der Waals surface area contributed by atoms with Crippen LogP contribution in [0.4, 0.5) is 0 Å². The van der Waals surface area contributed by atoms with Crippen LogP contribution in [0, 0.1) is 0 Å². The Balaban J connectivity index is 2.65. The number of esters is 2. The molecule has 0 radical (unpaired) electrons. The van der Waals surface area contributed by atoms with Gasteiger partial charge in [0.25, 0.3) is 0 Å². The van der Waals surface area contributed by atoms with Gasteiger partial charge in [0.2, 0.25) is 0 Å². The van der Waals surface area contributed by atoms with Crippen LogP contribution < -0.4 is 15.4 Å². The van der Waals surface area contributed by atoms with Gasteiger partial charge in [0, 0.05) is 17.8 Å². The fourth-order valence-corrected chi connectivity index (χ4v) is 3.41. The van der Waals surface area contributed by atoms with Crippen molar-refractivity contribution in [2.24, 2.45) is 0 Å². The van der Waals surface area contributed by atoms with Gasteiger partial charge in [-0.05, 0) is 27.0 Å². The first-order valence-corrected chi connectivity index (χ1v) is 9.81. The average molecular weight is 418 g/mol. The first kappa shape index (κ1) is 23.4. The van der Waals surface area contributed by atoms with Crippen molar-refractivity contribution >= 4 is 11.9 Å². The molecule has 8 heteroatoms. The van der Waals surface area contributed by atoms with E-state index in [9.17, 15) is 9.59 Å². The molecule has 1 aliphatic heterocycles. The Kier molecular flexibility index (Phi) is 8.89. The van der Waals surface area contributed by atoms with Crippen LogP contribution in [0.25, 0.3) is 0 Å². The molecule has 0 bridgehead atoms. The van der Waals surface area contributed by atoms with Crippen LogP contribution >= 0.6 is 0 Å². The summed E-state index contributed by atoms with van der Waals surface area (Å²) in [5.74, 6) is -1.23. The van der Waals surface area contributed by atoms with E-state index >= 15 is 0 Å². The van der Waals surface area contributed by atoms with Gasteiger partial charge in [0.1, 0.15) is 5.75 Å². The molecular formula is C22H30N2O6. The maximum atomic E-state index is 13.0. The zero-order valence-corrected chi connectivity index (χ0v) is 18.2. The van der Waals surface area contributed by atoms with Crippen molar-refractivity contribution < 1.29 is 28.5 Å². The zero-order chi connectivity index (χ0) is 22.1. The van der Waals surface area contributed by atoms with E-state index in [-0.39, 0.29) is 13.2 Å². The number of carbonyl (C=O) groups excluding carboxylic acids is 2. The highest BCUT2D eigenvalue weighted by Crippen LogP contribution is 2.42. The van der Waals surface area contributed by atoms with Gasteiger partial charge in [-0.1, -0.05) is 18.2 Å². The van der Waals surface area contributed by atoms with E-state index in [1.54, 1.807) is 27.0 Å². The predicted molar refractivity (Wildman–Crippen MR) is 112 cm³/mol. The lowest BCUT2D eigenvalue weighted by atomic mass is 9.80. The SMILES string of the molecule is CCOC(=O)C1=C(COCCNC)NC(C)=C(C(=O)OC)C1c1ccccc1OC. The second-order valence-corrected chi connectivity index (χ2v) is 6.60. The third-order valence-electron chi connectivity index (χ3n) is 4.74. The largest absolute Gasteiger partial charge is 0.496 e. The molecule has 0 saturated carbocycles. The Morgan fingerprint density at radius 3 is 2.50 bits per heavy atom. The van der Waals surface area contributed by atoms with Crippen LogP contribution in [0.3, 0.4) is 0 Å². The van der Waals surface area contributed by atoms with Crippen LogP contribution in [0.1, 0.15) is 25.3 Å². The normalized spacial score (nSPS) is 16.2. The van der Waals surface area contributed by atoms with Crippen molar-refractivity contribution in [3.63, 3.8) is 0 Å². The van der Waals surface area contributed by atoms with Gasteiger partial charge in [-0.15, -0.1) is 0 Å². The number of hydrogen-bond acceptors (Lipinski definition) is 8. The molecule has 2 N–H and O–H groups in total. The van der Waals surface area contributed by atoms with Gasteiger partial charge in [0.15, 0.2) is 0 Å². The minimum Gasteiger partial charge on any atom is -0.496 e. The molecule has 1 aliphatic rings. The Morgan fingerprint density at radius 1 is 1.13 bits per heavy atom. The van der Waals surface area contributed by atoms with E-state index < -0.39 is 17.9 Å². The molecule has 164 valence electrons. The molecule has 1 aromatic rings. The topological polar surface area (TPSA) is 95.1 Å². The van der Waals surface area contributed by atoms with Gasteiger partial charge >= 0.3 is 11.9 Å². The lowest BCUT2D eigenvalue weighted by molar-refractivity contribution is -0.139. The summed E-state index contributed by atoms with van der Waals surface area (Å²) in [7, 11) is 4.69. The van der Waals surface area contributed by atoms with E-state index in [4.69, 9.17) is 18.9 Å². The molecule has 0 aromatic heterocycles. The maximum Gasteiger partial charge on any atom is 0.336 e. The lowest BCUT2D eigenvalue weighted by Gasteiger charge is -2.32. The van der Waals surface area contributed by atoms with E-state index in [1.165, 1.54) is 7.11 Å². The molecule has 8 nitrogen and oxygen atoms in total. The molecule has 0 amide bonds. The minimum absolute atomic E-state index is 0.160. The number of rotatable bonds is 10. The van der Waals surface area contributed by atoms with Gasteiger partial charge < -0.3 is 29.6 Å². The highest BCUT2D eigenvalue weighted by molar-refractivity contribution is 6.00. The number of carbonyl (C=O) groups is 2. The molecule has 1 unspecified atom stereocenters. The standard InChI is InChI=1S/C22H30N2O6/c1-6-30-22(26)20-16(13-29-12-11-23-3)24-14(2)18(21(25)28-5)19(20)15-9-7-8-10-17(15)27-4/h7-10,19,23-24H,6,11-13H2,1-5H3. The fourth-order valence-electron chi connectivity index (χ4n) is 3.41. The average Bonchev–Trinajstić information content (AvgIpc) is 2.75. The van der Waals surface area contributed by atoms with Crippen LogP contribution in [0.15, 0.2) is 46.8 Å². The number of allylic oxidation sites excluding steroid dienone is 1. The summed E-state index contributed by atoms with van der Waals surface area (Å²) in [5, 5.41) is 6.16. The van der Waals surface area contributed by atoms with Crippen LogP contribution in [0.2, 0.25) is 0 Å². The first-order valence-electron chi connectivity index (χ1n) is 9.81. The minimum atomic E-state index is -0.725. The van der Waals surface area contributed by atoms with E-state index in [1.807, 2.05) is 25.2 Å². The third-order valence-corrected chi connectivity index (χ3v) is 4.74. The summed E-state index contributed by atoms with van der Waals surface area (Å²) in [4.78, 5) is 25.8. The van der Waals surface area contributed by atoms with Crippen LogP contribution in [-0.4, -0.2) is 59.6 Å². The second-order valence-electron chi connectivity index (χ2n) is 6.60. The summed E-state index contributed by atoms with van der Waals surface area (Å²) in [6.07, 6.45) is 0. The van der Waals surface area contributed by atoms with Crippen molar-refractivity contribution in [1.29, 1.82) is 0 Å². The fraction of sp³-hybridized carbons (Fsp3) is 0.455. The van der Waals surface area contributed by atoms with Crippen molar-refractivity contribution in [2.45, 2.75) is 19.8 Å². The monoisotopic (exact) mass is 418 g/mol. The molecule has 2 rings (SSSR count). The second kappa shape index (κ2) is 11.4. The Morgan fingerprint density at radius 2 is 1.87 bits per heavy atom. The van der Waals surface area contributed by atoms with E-state index in [0.717, 1.165) is 0 Å². The highest BCUT2D eigenvalue weighted by atomic mass is 16.5. The molecule has 1 heterocycles. The van der Waals surface area contributed by atoms with Gasteiger partial charge in [-0.3, -0.25) is 0 Å². The summed E-state index contributed by atoms with van der Waals surface area (Å²) in [5.41, 5.74) is 2.42. The Hall–Kier alpha value is -2.84. The molecular weight excluding hydrogens is 388 g/mol. The van der Waals surface area contributed by atoms with Crippen molar-refractivity contribution in [3.8, 4) is 5.75 Å². The molecule has 0 spiro atoms. The smallest absolute Gasteiger partial charge is 0.336 e. The van der Waals surface area contributed by atoms with Crippen molar-refractivity contribution in [3.05, 3.63) is 52.4 Å². The quantitative estimate of drug-likeness (QED) is 0.439. The Bertz CT molecular complexity index is 831. The van der Waals surface area contributed by atoms with E-state index in [0.29, 0.717) is 47.0 Å². The van der Waals surface area contributed by atoms with Gasteiger partial charge in [-0.25, -0.2) is 9.59 Å². The summed E-state index contributed by atoms with van der Waals surface area (Å²) in [6, 6.07) is 7.26. The highest BCUT2D eigenvalue weighted by Gasteiger charge is 2.40. The lowest BCUT2D eigenvalue weighted by Crippen LogP contribution is -2.35. The van der Waals surface area contributed by atoms with Gasteiger partial charge in [0.05, 0.1) is 56.8 Å². The number of para-hydroxylation sites is 1. The summed E-state index contributed by atoms with van der Waals surface area (Å²) >= 11 is 0. The molecule has 30 heavy (non-hydrogen) atoms. The number of ether oxygens (including phenoxy) is 4. The maximum absolute atomic E-state index is 13.0. The number of methoxy groups -OCH3 is 2. The number of benzene rings is 1. The van der Waals surface area contributed by atoms with Gasteiger partial charge in [-0.2, -0.15) is 0 Å². The molecule has 1 atom stereocenters. The predicted octanol–water partition coefficient (Wildman–Crippen LogP) is 1.88. The van der Waals surface area contributed by atoms with E-state index in [2.05, 4.69) is 10.6 Å². The first-order chi connectivity index (χ1) is 14.5. The molecule has 1 aromatic carbocycles. The number of nitrogens with one attached hydrogen (secondary N) is 2. The number of hydrogen-bond donors (Lipinski definition) is 2. The number of dihydropyridines is 1.